The van der Waals surface area contributed by atoms with E-state index in [1.54, 1.807) is 0 Å². The molecule has 2 rings (SSSR count). The van der Waals surface area contributed by atoms with Gasteiger partial charge in [0.1, 0.15) is 28.7 Å². The van der Waals surface area contributed by atoms with Gasteiger partial charge in [-0.05, 0) is 24.3 Å². The summed E-state index contributed by atoms with van der Waals surface area (Å²) >= 11 is 0. The second-order valence-corrected chi connectivity index (χ2v) is 3.04. The predicted molar refractivity (Wildman–Crippen MR) is 59.9 cm³/mol. The molecule has 0 atom stereocenters. The van der Waals surface area contributed by atoms with Crippen molar-refractivity contribution in [1.82, 2.24) is 4.98 Å². The van der Waals surface area contributed by atoms with E-state index in [4.69, 9.17) is 11.1 Å². The van der Waals surface area contributed by atoms with Gasteiger partial charge in [-0.1, -0.05) is 0 Å². The first-order valence-corrected chi connectivity index (χ1v) is 4.19. The highest BCUT2D eigenvalue weighted by Crippen LogP contribution is 2.19. The lowest BCUT2D eigenvalue weighted by atomic mass is 10.2. The number of benzene rings is 1. The quantitative estimate of drug-likeness (QED) is 0.596. The molecule has 3 N–H and O–H groups in total. The minimum Gasteiger partial charge on any atom is -0.382 e. The number of nitrogen functional groups attached to an aromatic ring is 1. The van der Waals surface area contributed by atoms with Crippen LogP contribution in [0.4, 0.5) is 8.78 Å². The van der Waals surface area contributed by atoms with Gasteiger partial charge in [0.05, 0.1) is 0 Å². The Bertz CT molecular complexity index is 557. The maximum atomic E-state index is 13.3. The Morgan fingerprint density at radius 3 is 2.38 bits per heavy atom. The molecule has 0 spiro atoms. The first-order valence-electron chi connectivity index (χ1n) is 4.19. The third-order valence-electron chi connectivity index (χ3n) is 2.03. The molecule has 0 fully saturated rings. The van der Waals surface area contributed by atoms with E-state index in [0.29, 0.717) is 0 Å². The predicted octanol–water partition coefficient (Wildman–Crippen LogP) is 2.22. The zero-order valence-electron chi connectivity index (χ0n) is 8.00. The van der Waals surface area contributed by atoms with Crippen LogP contribution in [0.15, 0.2) is 24.3 Å². The Morgan fingerprint density at radius 1 is 1.12 bits per heavy atom. The van der Waals surface area contributed by atoms with Gasteiger partial charge < -0.3 is 5.73 Å². The lowest BCUT2D eigenvalue weighted by Gasteiger charge is -2.02. The van der Waals surface area contributed by atoms with Crippen molar-refractivity contribution in [3.05, 3.63) is 41.6 Å². The topological polar surface area (TPSA) is 62.8 Å². The third-order valence-corrected chi connectivity index (χ3v) is 2.03. The van der Waals surface area contributed by atoms with Gasteiger partial charge in [-0.25, -0.2) is 13.8 Å². The average Bonchev–Trinajstić information content (AvgIpc) is 2.23. The number of pyridine rings is 1. The van der Waals surface area contributed by atoms with Crippen molar-refractivity contribution in [2.45, 2.75) is 0 Å². The van der Waals surface area contributed by atoms with E-state index in [1.165, 1.54) is 12.1 Å². The molecule has 6 heteroatoms. The minimum atomic E-state index is -0.630. The molecular formula is C10H8ClF2N3. The smallest absolute Gasteiger partial charge is 0.149 e. The van der Waals surface area contributed by atoms with Crippen LogP contribution in [0.3, 0.4) is 0 Å². The summed E-state index contributed by atoms with van der Waals surface area (Å²) in [5.74, 6) is -1.45. The first-order chi connectivity index (χ1) is 7.09. The fourth-order valence-electron chi connectivity index (χ4n) is 1.30. The van der Waals surface area contributed by atoms with Crippen LogP contribution in [0.25, 0.3) is 10.9 Å². The van der Waals surface area contributed by atoms with Crippen LogP contribution >= 0.6 is 12.4 Å². The van der Waals surface area contributed by atoms with Crippen molar-refractivity contribution in [3.8, 4) is 0 Å². The minimum absolute atomic E-state index is 0. The van der Waals surface area contributed by atoms with E-state index >= 15 is 0 Å². The van der Waals surface area contributed by atoms with E-state index in [2.05, 4.69) is 4.98 Å². The zero-order valence-corrected chi connectivity index (χ0v) is 8.81. The van der Waals surface area contributed by atoms with Crippen molar-refractivity contribution in [3.63, 3.8) is 0 Å². The van der Waals surface area contributed by atoms with Gasteiger partial charge in [0.15, 0.2) is 0 Å². The molecule has 0 unspecified atom stereocenters. The van der Waals surface area contributed by atoms with Crippen molar-refractivity contribution in [2.24, 2.45) is 5.73 Å². The Balaban J connectivity index is 0.00000128. The maximum absolute atomic E-state index is 13.3. The van der Waals surface area contributed by atoms with Crippen LogP contribution in [0.1, 0.15) is 5.69 Å². The van der Waals surface area contributed by atoms with Crippen molar-refractivity contribution < 1.29 is 8.78 Å². The number of halogens is 3. The fourth-order valence-corrected chi connectivity index (χ4v) is 1.30. The molecule has 0 aliphatic carbocycles. The van der Waals surface area contributed by atoms with Gasteiger partial charge in [0.2, 0.25) is 0 Å². The van der Waals surface area contributed by atoms with Crippen molar-refractivity contribution in [1.29, 1.82) is 5.41 Å². The summed E-state index contributed by atoms with van der Waals surface area (Å²) in [7, 11) is 0. The average molecular weight is 244 g/mol. The Morgan fingerprint density at radius 2 is 1.75 bits per heavy atom. The highest BCUT2D eigenvalue weighted by molar-refractivity contribution is 5.95. The molecule has 2 aromatic rings. The number of aromatic nitrogens is 1. The molecule has 1 aromatic heterocycles. The van der Waals surface area contributed by atoms with Crippen molar-refractivity contribution in [2.75, 3.05) is 0 Å². The molecule has 16 heavy (non-hydrogen) atoms. The SMILES string of the molecule is Cl.N=C(N)c1ccc2c(F)ccc(F)c2n1. The lowest BCUT2D eigenvalue weighted by Crippen LogP contribution is -2.13. The molecule has 0 radical (unpaired) electrons. The molecule has 84 valence electrons. The van der Waals surface area contributed by atoms with Gasteiger partial charge in [0.25, 0.3) is 0 Å². The number of nitrogens with one attached hydrogen (secondary N) is 1. The molecule has 0 aliphatic rings. The summed E-state index contributed by atoms with van der Waals surface area (Å²) in [6.07, 6.45) is 0. The summed E-state index contributed by atoms with van der Waals surface area (Å²) in [5.41, 5.74) is 5.22. The maximum Gasteiger partial charge on any atom is 0.149 e. The van der Waals surface area contributed by atoms with Crippen LogP contribution in [0.2, 0.25) is 0 Å². The number of hydrogen-bond donors (Lipinski definition) is 2. The van der Waals surface area contributed by atoms with E-state index in [9.17, 15) is 8.78 Å². The van der Waals surface area contributed by atoms with E-state index in [-0.39, 0.29) is 34.8 Å². The number of nitrogens with two attached hydrogens (primary N) is 1. The summed E-state index contributed by atoms with van der Waals surface area (Å²) in [5, 5.41) is 7.22. The number of rotatable bonds is 1. The van der Waals surface area contributed by atoms with Gasteiger partial charge in [-0.15, -0.1) is 12.4 Å². The van der Waals surface area contributed by atoms with E-state index < -0.39 is 11.6 Å². The second-order valence-electron chi connectivity index (χ2n) is 3.04. The highest BCUT2D eigenvalue weighted by Gasteiger charge is 2.08. The molecule has 0 aliphatic heterocycles. The number of hydrogen-bond acceptors (Lipinski definition) is 2. The number of nitrogens with zero attached hydrogens (tertiary/aromatic N) is 1. The van der Waals surface area contributed by atoms with Gasteiger partial charge >= 0.3 is 0 Å². The Kier molecular flexibility index (Phi) is 3.39. The van der Waals surface area contributed by atoms with Gasteiger partial charge in [-0.3, -0.25) is 5.41 Å². The molecule has 1 heterocycles. The second kappa shape index (κ2) is 4.40. The summed E-state index contributed by atoms with van der Waals surface area (Å²) < 4.78 is 26.5. The Labute approximate surface area is 96.2 Å². The normalized spacial score (nSPS) is 9.88. The summed E-state index contributed by atoms with van der Waals surface area (Å²) in [6, 6.07) is 4.77. The molecule has 1 aromatic carbocycles. The first kappa shape index (κ1) is 12.3. The molecule has 0 saturated heterocycles. The standard InChI is InChI=1S/C10H7F2N3.ClH/c11-6-2-3-7(12)9-5(6)1-4-8(15-9)10(13)14;/h1-4H,(H3,13,14);1H. The van der Waals surface area contributed by atoms with Crippen molar-refractivity contribution >= 4 is 29.1 Å². The Hall–Kier alpha value is -1.75. The molecule has 0 amide bonds. The van der Waals surface area contributed by atoms with Gasteiger partial charge in [0, 0.05) is 5.39 Å². The fraction of sp³-hybridized carbons (Fsp3) is 0. The zero-order chi connectivity index (χ0) is 11.0. The highest BCUT2D eigenvalue weighted by atomic mass is 35.5. The van der Waals surface area contributed by atoms with Crippen LogP contribution in [-0.2, 0) is 0 Å². The molecular weight excluding hydrogens is 236 g/mol. The molecule has 0 bridgehead atoms. The molecule has 0 saturated carbocycles. The van der Waals surface area contributed by atoms with E-state index in [0.717, 1.165) is 12.1 Å². The van der Waals surface area contributed by atoms with Gasteiger partial charge in [-0.2, -0.15) is 0 Å². The number of fused-ring (bicyclic) bond motifs is 1. The van der Waals surface area contributed by atoms with Crippen LogP contribution in [0, 0.1) is 17.0 Å². The lowest BCUT2D eigenvalue weighted by molar-refractivity contribution is 0.615. The van der Waals surface area contributed by atoms with Crippen LogP contribution in [0.5, 0.6) is 0 Å². The third kappa shape index (κ3) is 1.94. The van der Waals surface area contributed by atoms with Crippen LogP contribution < -0.4 is 5.73 Å². The largest absolute Gasteiger partial charge is 0.382 e. The monoisotopic (exact) mass is 243 g/mol. The summed E-state index contributed by atoms with van der Waals surface area (Å²) in [4.78, 5) is 3.77. The van der Waals surface area contributed by atoms with Crippen LogP contribution in [-0.4, -0.2) is 10.8 Å². The van der Waals surface area contributed by atoms with E-state index in [1.807, 2.05) is 0 Å². The summed E-state index contributed by atoms with van der Waals surface area (Å²) in [6.45, 7) is 0. The molecule has 3 nitrogen and oxygen atoms in total. The number of amidine groups is 1.